The summed E-state index contributed by atoms with van der Waals surface area (Å²) in [5, 5.41) is 2.73. The molecule has 0 fully saturated rings. The van der Waals surface area contributed by atoms with Gasteiger partial charge >= 0.3 is 0 Å². The fourth-order valence-corrected chi connectivity index (χ4v) is 7.06. The SMILES string of the molecule is FCCC(F)CPC1C=CC=C1CP(c1ccccc1)c1ccccc1. The third-order valence-electron chi connectivity index (χ3n) is 4.47. The van der Waals surface area contributed by atoms with E-state index in [1.807, 2.05) is 0 Å². The number of hydrogen-bond donors (Lipinski definition) is 0. The van der Waals surface area contributed by atoms with Crippen LogP contribution in [-0.2, 0) is 0 Å². The monoisotopic (exact) mass is 388 g/mol. The lowest BCUT2D eigenvalue weighted by molar-refractivity contribution is 0.309. The van der Waals surface area contributed by atoms with Gasteiger partial charge in [0.2, 0.25) is 0 Å². The Bertz CT molecular complexity index is 689. The Morgan fingerprint density at radius 3 is 2.15 bits per heavy atom. The molecule has 2 aromatic rings. The average molecular weight is 388 g/mol. The number of allylic oxidation sites excluding steroid dienone is 4. The number of alkyl halides is 2. The first-order chi connectivity index (χ1) is 12.8. The molecule has 3 atom stereocenters. The molecule has 136 valence electrons. The molecule has 1 aliphatic carbocycles. The van der Waals surface area contributed by atoms with Crippen LogP contribution in [0, 0.1) is 0 Å². The lowest BCUT2D eigenvalue weighted by Crippen LogP contribution is -2.17. The summed E-state index contributed by atoms with van der Waals surface area (Å²) in [6.07, 6.45) is 6.94. The average Bonchev–Trinajstić information content (AvgIpc) is 3.13. The van der Waals surface area contributed by atoms with E-state index in [-0.39, 0.29) is 6.42 Å². The smallest absolute Gasteiger partial charge is 0.106 e. The van der Waals surface area contributed by atoms with E-state index in [1.54, 1.807) is 0 Å². The van der Waals surface area contributed by atoms with Crippen LogP contribution >= 0.6 is 16.5 Å². The maximum atomic E-state index is 13.7. The summed E-state index contributed by atoms with van der Waals surface area (Å²) in [6, 6.07) is 21.3. The van der Waals surface area contributed by atoms with Crippen LogP contribution in [0.1, 0.15) is 6.42 Å². The van der Waals surface area contributed by atoms with E-state index < -0.39 is 20.8 Å². The highest BCUT2D eigenvalue weighted by Gasteiger charge is 2.22. The molecular formula is C22H24F2P2. The Morgan fingerprint density at radius 1 is 0.962 bits per heavy atom. The van der Waals surface area contributed by atoms with Crippen LogP contribution in [0.4, 0.5) is 8.78 Å². The summed E-state index contributed by atoms with van der Waals surface area (Å²) >= 11 is 0. The van der Waals surface area contributed by atoms with Crippen molar-refractivity contribution in [2.75, 3.05) is 19.0 Å². The van der Waals surface area contributed by atoms with Gasteiger partial charge in [-0.15, -0.1) is 8.58 Å². The maximum absolute atomic E-state index is 13.7. The minimum Gasteiger partial charge on any atom is -0.251 e. The zero-order chi connectivity index (χ0) is 18.2. The molecule has 0 bridgehead atoms. The molecule has 3 rings (SSSR count). The van der Waals surface area contributed by atoms with Crippen molar-refractivity contribution in [1.82, 2.24) is 0 Å². The van der Waals surface area contributed by atoms with Crippen molar-refractivity contribution in [2.45, 2.75) is 18.3 Å². The summed E-state index contributed by atoms with van der Waals surface area (Å²) in [5.41, 5.74) is 1.69. The fourth-order valence-electron chi connectivity index (χ4n) is 3.07. The van der Waals surface area contributed by atoms with Crippen LogP contribution in [-0.4, -0.2) is 30.8 Å². The van der Waals surface area contributed by atoms with Gasteiger partial charge in [-0.1, -0.05) is 84.5 Å². The number of rotatable bonds is 9. The second-order valence-corrected chi connectivity index (χ2v) is 9.99. The fraction of sp³-hybridized carbons (Fsp3) is 0.273. The molecule has 0 radical (unpaired) electrons. The maximum Gasteiger partial charge on any atom is 0.106 e. The Kier molecular flexibility index (Phi) is 7.54. The first-order valence-electron chi connectivity index (χ1n) is 8.96. The molecule has 0 aliphatic heterocycles. The molecule has 4 heteroatoms. The van der Waals surface area contributed by atoms with E-state index in [1.165, 1.54) is 16.2 Å². The zero-order valence-electron chi connectivity index (χ0n) is 14.7. The van der Waals surface area contributed by atoms with E-state index >= 15 is 0 Å². The van der Waals surface area contributed by atoms with Crippen molar-refractivity contribution < 1.29 is 8.78 Å². The molecule has 0 amide bonds. The highest BCUT2D eigenvalue weighted by Crippen LogP contribution is 2.41. The van der Waals surface area contributed by atoms with Crippen molar-refractivity contribution >= 4 is 27.1 Å². The number of benzene rings is 2. The van der Waals surface area contributed by atoms with Gasteiger partial charge in [0.15, 0.2) is 0 Å². The van der Waals surface area contributed by atoms with Gasteiger partial charge in [-0.3, -0.25) is 4.39 Å². The third kappa shape index (κ3) is 5.32. The molecule has 0 spiro atoms. The number of hydrogen-bond acceptors (Lipinski definition) is 0. The van der Waals surface area contributed by atoms with E-state index in [0.717, 1.165) is 6.16 Å². The van der Waals surface area contributed by atoms with Crippen molar-refractivity contribution in [1.29, 1.82) is 0 Å². The molecule has 3 unspecified atom stereocenters. The first-order valence-corrected chi connectivity index (χ1v) is 11.8. The van der Waals surface area contributed by atoms with Gasteiger partial charge < -0.3 is 0 Å². The third-order valence-corrected chi connectivity index (χ3v) is 8.68. The largest absolute Gasteiger partial charge is 0.251 e. The summed E-state index contributed by atoms with van der Waals surface area (Å²) in [5.74, 6) is 0. The van der Waals surface area contributed by atoms with Gasteiger partial charge in [0.25, 0.3) is 0 Å². The van der Waals surface area contributed by atoms with Crippen LogP contribution < -0.4 is 10.6 Å². The predicted octanol–water partition coefficient (Wildman–Crippen LogP) is 5.36. The second kappa shape index (κ2) is 10.1. The molecule has 0 heterocycles. The summed E-state index contributed by atoms with van der Waals surface area (Å²) in [4.78, 5) is 0. The Hall–Kier alpha value is -1.36. The van der Waals surface area contributed by atoms with E-state index in [4.69, 9.17) is 0 Å². The molecule has 0 N–H and O–H groups in total. The molecule has 1 aliphatic rings. The minimum atomic E-state index is -1.02. The zero-order valence-corrected chi connectivity index (χ0v) is 16.6. The molecular weight excluding hydrogens is 364 g/mol. The van der Waals surface area contributed by atoms with Crippen LogP contribution in [0.25, 0.3) is 0 Å². The van der Waals surface area contributed by atoms with Crippen molar-refractivity contribution in [3.63, 3.8) is 0 Å². The van der Waals surface area contributed by atoms with Crippen molar-refractivity contribution in [2.24, 2.45) is 0 Å². The summed E-state index contributed by atoms with van der Waals surface area (Å²) in [6.45, 7) is -0.567. The van der Waals surface area contributed by atoms with Gasteiger partial charge in [0, 0.05) is 12.1 Å². The molecule has 0 saturated heterocycles. The topological polar surface area (TPSA) is 0 Å². The van der Waals surface area contributed by atoms with Gasteiger partial charge in [-0.2, -0.15) is 0 Å². The minimum absolute atomic E-state index is 0.0310. The molecule has 0 aromatic heterocycles. The van der Waals surface area contributed by atoms with E-state index in [9.17, 15) is 8.78 Å². The van der Waals surface area contributed by atoms with Crippen LogP contribution in [0.5, 0.6) is 0 Å². The quantitative estimate of drug-likeness (QED) is 0.508. The first kappa shape index (κ1) is 19.4. The number of halogens is 2. The second-order valence-electron chi connectivity index (χ2n) is 6.34. The Morgan fingerprint density at radius 2 is 1.58 bits per heavy atom. The predicted molar refractivity (Wildman–Crippen MR) is 114 cm³/mol. The van der Waals surface area contributed by atoms with Gasteiger partial charge in [-0.25, -0.2) is 4.39 Å². The van der Waals surface area contributed by atoms with Crippen molar-refractivity contribution in [3.8, 4) is 0 Å². The highest BCUT2D eigenvalue weighted by molar-refractivity contribution is 7.73. The Balaban J connectivity index is 1.73. The van der Waals surface area contributed by atoms with Gasteiger partial charge in [0.1, 0.15) is 6.17 Å². The molecule has 2 aromatic carbocycles. The summed E-state index contributed by atoms with van der Waals surface area (Å²) in [7, 11) is 0.00596. The standard InChI is InChI=1S/C22H24F2P2/c23-15-14-19(24)16-25-22-13-7-8-18(22)17-26(20-9-3-1-4-10-20)21-11-5-2-6-12-21/h1-13,19,22,25H,14-17H2. The van der Waals surface area contributed by atoms with Gasteiger partial charge in [-0.05, 0) is 30.9 Å². The van der Waals surface area contributed by atoms with E-state index in [2.05, 4.69) is 78.9 Å². The highest BCUT2D eigenvalue weighted by atomic mass is 31.1. The van der Waals surface area contributed by atoms with E-state index in [0.29, 0.717) is 20.4 Å². The normalized spacial score (nSPS) is 18.0. The Labute approximate surface area is 157 Å². The molecule has 0 saturated carbocycles. The molecule has 26 heavy (non-hydrogen) atoms. The van der Waals surface area contributed by atoms with Crippen LogP contribution in [0.3, 0.4) is 0 Å². The molecule has 0 nitrogen and oxygen atoms in total. The van der Waals surface area contributed by atoms with Crippen LogP contribution in [0.2, 0.25) is 0 Å². The van der Waals surface area contributed by atoms with Gasteiger partial charge in [0.05, 0.1) is 6.67 Å². The lowest BCUT2D eigenvalue weighted by atomic mass is 10.3. The summed E-state index contributed by atoms with van der Waals surface area (Å²) < 4.78 is 26.0. The van der Waals surface area contributed by atoms with Crippen molar-refractivity contribution in [3.05, 3.63) is 84.5 Å². The lowest BCUT2D eigenvalue weighted by Gasteiger charge is -2.23. The van der Waals surface area contributed by atoms with Crippen LogP contribution in [0.15, 0.2) is 84.5 Å².